The highest BCUT2D eigenvalue weighted by atomic mass is 16.4. The molecule has 1 fully saturated rings. The molecule has 2 atom stereocenters. The first-order valence-corrected chi connectivity index (χ1v) is 6.65. The second-order valence-corrected chi connectivity index (χ2v) is 5.86. The average molecular weight is 245 g/mol. The Morgan fingerprint density at radius 3 is 2.94 bits per heavy atom. The van der Waals surface area contributed by atoms with Crippen LogP contribution in [-0.4, -0.2) is 16.0 Å². The predicted octanol–water partition coefficient (Wildman–Crippen LogP) is 3.23. The van der Waals surface area contributed by atoms with Crippen molar-refractivity contribution < 1.29 is 10.3 Å². The second-order valence-electron chi connectivity index (χ2n) is 5.86. The van der Waals surface area contributed by atoms with Gasteiger partial charge >= 0.3 is 0 Å². The van der Waals surface area contributed by atoms with Crippen molar-refractivity contribution in [3.8, 4) is 5.75 Å². The van der Waals surface area contributed by atoms with Crippen molar-refractivity contribution in [2.24, 2.45) is 11.1 Å². The number of hydrogen-bond acceptors (Lipinski definition) is 3. The largest absolute Gasteiger partial charge is 0.508 e. The van der Waals surface area contributed by atoms with E-state index in [1.807, 2.05) is 6.07 Å². The average Bonchev–Trinajstić information content (AvgIpc) is 2.37. The van der Waals surface area contributed by atoms with Crippen LogP contribution in [0, 0.1) is 5.92 Å². The smallest absolute Gasteiger partial charge is 0.115 e. The Bertz CT molecular complexity index is 509. The van der Waals surface area contributed by atoms with Gasteiger partial charge in [0.05, 0.1) is 5.71 Å². The minimum Gasteiger partial charge on any atom is -0.508 e. The van der Waals surface area contributed by atoms with Gasteiger partial charge in [-0.3, -0.25) is 0 Å². The summed E-state index contributed by atoms with van der Waals surface area (Å²) in [6, 6.07) is 5.78. The van der Waals surface area contributed by atoms with Crippen molar-refractivity contribution in [2.75, 3.05) is 0 Å². The lowest BCUT2D eigenvalue weighted by Gasteiger charge is -2.46. The maximum atomic E-state index is 9.60. The molecule has 2 aliphatic carbocycles. The van der Waals surface area contributed by atoms with Crippen molar-refractivity contribution in [2.45, 2.75) is 44.4 Å². The third kappa shape index (κ3) is 1.61. The Balaban J connectivity index is 2.02. The normalized spacial score (nSPS) is 32.9. The summed E-state index contributed by atoms with van der Waals surface area (Å²) in [4.78, 5) is 0. The van der Waals surface area contributed by atoms with Gasteiger partial charge < -0.3 is 10.3 Å². The first-order valence-electron chi connectivity index (χ1n) is 6.65. The Morgan fingerprint density at radius 1 is 1.33 bits per heavy atom. The van der Waals surface area contributed by atoms with Gasteiger partial charge in [0.2, 0.25) is 0 Å². The number of oxime groups is 1. The second kappa shape index (κ2) is 4.01. The quantitative estimate of drug-likeness (QED) is 0.544. The number of fused-ring (bicyclic) bond motifs is 3. The molecular formula is C15H19NO2. The zero-order chi connectivity index (χ0) is 12.8. The molecule has 0 spiro atoms. The van der Waals surface area contributed by atoms with E-state index in [4.69, 9.17) is 5.21 Å². The number of nitrogens with zero attached hydrogens (tertiary/aromatic N) is 1. The van der Waals surface area contributed by atoms with Crippen molar-refractivity contribution in [1.82, 2.24) is 0 Å². The van der Waals surface area contributed by atoms with Crippen LogP contribution in [0.1, 0.15) is 43.7 Å². The molecule has 2 unspecified atom stereocenters. The van der Waals surface area contributed by atoms with E-state index in [2.05, 4.69) is 18.1 Å². The summed E-state index contributed by atoms with van der Waals surface area (Å²) in [5.74, 6) is 0.929. The highest BCUT2D eigenvalue weighted by Gasteiger charge is 2.43. The number of phenolic OH excluding ortho intramolecular Hbond substituents is 1. The molecule has 0 aliphatic heterocycles. The summed E-state index contributed by atoms with van der Waals surface area (Å²) in [7, 11) is 0. The molecule has 0 saturated heterocycles. The molecule has 0 amide bonds. The molecule has 3 heteroatoms. The highest BCUT2D eigenvalue weighted by molar-refractivity contribution is 5.85. The van der Waals surface area contributed by atoms with Crippen molar-refractivity contribution in [1.29, 1.82) is 0 Å². The van der Waals surface area contributed by atoms with Gasteiger partial charge in [-0.05, 0) is 66.7 Å². The molecule has 0 aromatic heterocycles. The third-order valence-corrected chi connectivity index (χ3v) is 4.92. The van der Waals surface area contributed by atoms with Gasteiger partial charge in [-0.25, -0.2) is 0 Å². The van der Waals surface area contributed by atoms with Gasteiger partial charge in [-0.1, -0.05) is 18.1 Å². The van der Waals surface area contributed by atoms with E-state index in [1.165, 1.54) is 11.1 Å². The molecule has 3 nitrogen and oxygen atoms in total. The number of rotatable bonds is 0. The maximum Gasteiger partial charge on any atom is 0.115 e. The fraction of sp³-hybridized carbons (Fsp3) is 0.533. The predicted molar refractivity (Wildman–Crippen MR) is 70.3 cm³/mol. The SMILES string of the molecule is CC12CC/C(=N\O)CC1CCc1cc(O)ccc12. The zero-order valence-electron chi connectivity index (χ0n) is 10.7. The van der Waals surface area contributed by atoms with Crippen LogP contribution in [0.5, 0.6) is 5.75 Å². The van der Waals surface area contributed by atoms with E-state index in [0.717, 1.165) is 37.8 Å². The number of aryl methyl sites for hydroxylation is 1. The number of hydrogen-bond donors (Lipinski definition) is 2. The lowest BCUT2D eigenvalue weighted by Crippen LogP contribution is -2.41. The molecule has 96 valence electrons. The van der Waals surface area contributed by atoms with E-state index in [9.17, 15) is 5.11 Å². The molecule has 1 aromatic carbocycles. The van der Waals surface area contributed by atoms with Crippen LogP contribution in [0.3, 0.4) is 0 Å². The van der Waals surface area contributed by atoms with Crippen LogP contribution in [0.4, 0.5) is 0 Å². The maximum absolute atomic E-state index is 9.60. The Morgan fingerprint density at radius 2 is 2.17 bits per heavy atom. The monoisotopic (exact) mass is 245 g/mol. The summed E-state index contributed by atoms with van der Waals surface area (Å²) < 4.78 is 0. The lowest BCUT2D eigenvalue weighted by atomic mass is 9.58. The molecule has 0 radical (unpaired) electrons. The van der Waals surface area contributed by atoms with Crippen LogP contribution >= 0.6 is 0 Å². The summed E-state index contributed by atoms with van der Waals surface area (Å²) in [6.07, 6.45) is 4.96. The van der Waals surface area contributed by atoms with E-state index in [0.29, 0.717) is 11.7 Å². The minimum atomic E-state index is 0.176. The summed E-state index contributed by atoms with van der Waals surface area (Å²) >= 11 is 0. The summed E-state index contributed by atoms with van der Waals surface area (Å²) in [6.45, 7) is 2.32. The zero-order valence-corrected chi connectivity index (χ0v) is 10.7. The third-order valence-electron chi connectivity index (χ3n) is 4.92. The number of phenols is 1. The highest BCUT2D eigenvalue weighted by Crippen LogP contribution is 2.49. The summed E-state index contributed by atoms with van der Waals surface area (Å²) in [5, 5.41) is 22.0. The standard InChI is InChI=1S/C15H19NO2/c1-15-7-6-12(16-18)9-11(15)3-2-10-8-13(17)4-5-14(10)15/h4-5,8,11,17-18H,2-3,6-7,9H2,1H3/b16-12+. The van der Waals surface area contributed by atoms with Crippen LogP contribution < -0.4 is 0 Å². The van der Waals surface area contributed by atoms with Crippen LogP contribution in [0.15, 0.2) is 23.4 Å². The van der Waals surface area contributed by atoms with E-state index in [-0.39, 0.29) is 5.41 Å². The first-order chi connectivity index (χ1) is 8.63. The van der Waals surface area contributed by atoms with Gasteiger partial charge in [0, 0.05) is 0 Å². The first kappa shape index (κ1) is 11.6. The van der Waals surface area contributed by atoms with Crippen LogP contribution in [-0.2, 0) is 11.8 Å². The molecule has 3 rings (SSSR count). The van der Waals surface area contributed by atoms with Crippen molar-refractivity contribution in [3.05, 3.63) is 29.3 Å². The minimum absolute atomic E-state index is 0.176. The molecule has 2 N–H and O–H groups in total. The molecular weight excluding hydrogens is 226 g/mol. The molecule has 2 aliphatic rings. The fourth-order valence-electron chi connectivity index (χ4n) is 3.76. The molecule has 0 bridgehead atoms. The topological polar surface area (TPSA) is 52.8 Å². The van der Waals surface area contributed by atoms with Gasteiger partial charge in [0.1, 0.15) is 5.75 Å². The molecule has 0 heterocycles. The number of aromatic hydroxyl groups is 1. The Labute approximate surface area is 107 Å². The van der Waals surface area contributed by atoms with E-state index < -0.39 is 0 Å². The van der Waals surface area contributed by atoms with Gasteiger partial charge in [-0.2, -0.15) is 0 Å². The summed E-state index contributed by atoms with van der Waals surface area (Å²) in [5.41, 5.74) is 3.79. The fourth-order valence-corrected chi connectivity index (χ4v) is 3.76. The Kier molecular flexibility index (Phi) is 2.58. The molecule has 18 heavy (non-hydrogen) atoms. The van der Waals surface area contributed by atoms with Crippen LogP contribution in [0.25, 0.3) is 0 Å². The van der Waals surface area contributed by atoms with Crippen molar-refractivity contribution >= 4 is 5.71 Å². The van der Waals surface area contributed by atoms with E-state index >= 15 is 0 Å². The van der Waals surface area contributed by atoms with Gasteiger partial charge in [-0.15, -0.1) is 0 Å². The van der Waals surface area contributed by atoms with Crippen molar-refractivity contribution in [3.63, 3.8) is 0 Å². The number of benzene rings is 1. The van der Waals surface area contributed by atoms with Gasteiger partial charge in [0.25, 0.3) is 0 Å². The van der Waals surface area contributed by atoms with Crippen LogP contribution in [0.2, 0.25) is 0 Å². The molecule has 1 aromatic rings. The molecule has 1 saturated carbocycles. The Hall–Kier alpha value is -1.51. The lowest BCUT2D eigenvalue weighted by molar-refractivity contribution is 0.223. The van der Waals surface area contributed by atoms with Gasteiger partial charge in [0.15, 0.2) is 0 Å². The van der Waals surface area contributed by atoms with E-state index in [1.54, 1.807) is 6.07 Å².